The first-order chi connectivity index (χ1) is 7.57. The lowest BCUT2D eigenvalue weighted by Gasteiger charge is -2.25. The van der Waals surface area contributed by atoms with E-state index in [1.54, 1.807) is 13.0 Å². The van der Waals surface area contributed by atoms with Crippen molar-refractivity contribution in [3.05, 3.63) is 12.7 Å². The fourth-order valence-corrected chi connectivity index (χ4v) is 1.88. The Morgan fingerprint density at radius 1 is 1.69 bits per heavy atom. The molecule has 1 saturated heterocycles. The van der Waals surface area contributed by atoms with Crippen molar-refractivity contribution in [2.24, 2.45) is 0 Å². The minimum absolute atomic E-state index is 0.147. The second-order valence-electron chi connectivity index (χ2n) is 3.95. The van der Waals surface area contributed by atoms with Crippen LogP contribution in [0.5, 0.6) is 0 Å². The van der Waals surface area contributed by atoms with Gasteiger partial charge in [0.2, 0.25) is 5.91 Å². The third kappa shape index (κ3) is 2.82. The van der Waals surface area contributed by atoms with E-state index in [4.69, 9.17) is 5.11 Å². The Hall–Kier alpha value is -1.36. The van der Waals surface area contributed by atoms with Crippen LogP contribution in [0.3, 0.4) is 0 Å². The lowest BCUT2D eigenvalue weighted by molar-refractivity contribution is -0.148. The second kappa shape index (κ2) is 5.65. The Kier molecular flexibility index (Phi) is 4.49. The number of nitrogens with zero attached hydrogens (tertiary/aromatic N) is 1. The summed E-state index contributed by atoms with van der Waals surface area (Å²) >= 11 is 0. The van der Waals surface area contributed by atoms with Crippen LogP contribution in [0.2, 0.25) is 0 Å². The van der Waals surface area contributed by atoms with E-state index in [1.165, 1.54) is 4.90 Å². The molecule has 1 aliphatic rings. The average Bonchev–Trinajstić information content (AvgIpc) is 2.73. The first-order valence-electron chi connectivity index (χ1n) is 5.45. The molecule has 0 aromatic heterocycles. The lowest BCUT2D eigenvalue weighted by Crippen LogP contribution is -2.49. The first-order valence-corrected chi connectivity index (χ1v) is 5.45. The molecule has 0 radical (unpaired) electrons. The number of carbonyl (C=O) groups excluding carboxylic acids is 1. The Balaban J connectivity index is 2.58. The summed E-state index contributed by atoms with van der Waals surface area (Å²) in [6, 6.07) is -1.02. The van der Waals surface area contributed by atoms with Crippen LogP contribution in [0.15, 0.2) is 12.7 Å². The summed E-state index contributed by atoms with van der Waals surface area (Å²) in [7, 11) is 0. The van der Waals surface area contributed by atoms with E-state index in [2.05, 4.69) is 11.9 Å². The van der Waals surface area contributed by atoms with Gasteiger partial charge in [-0.15, -0.1) is 6.58 Å². The van der Waals surface area contributed by atoms with Crippen LogP contribution < -0.4 is 5.32 Å². The standard InChI is InChI=1S/C11H18N2O3/c1-3-6-12-8(2)10(14)13-7-4-5-9(13)11(15)16/h3,8-9,12H,1,4-7H2,2H3,(H,15,16)/t8-,9-/m0/s1. The van der Waals surface area contributed by atoms with E-state index in [0.717, 1.165) is 6.42 Å². The van der Waals surface area contributed by atoms with Gasteiger partial charge >= 0.3 is 5.97 Å². The molecule has 5 heteroatoms. The largest absolute Gasteiger partial charge is 0.480 e. The van der Waals surface area contributed by atoms with Crippen LogP contribution in [0, 0.1) is 0 Å². The molecule has 90 valence electrons. The molecule has 5 nitrogen and oxygen atoms in total. The maximum Gasteiger partial charge on any atom is 0.326 e. The lowest BCUT2D eigenvalue weighted by atomic mass is 10.2. The zero-order chi connectivity index (χ0) is 12.1. The molecule has 0 aliphatic carbocycles. The molecule has 0 unspecified atom stereocenters. The van der Waals surface area contributed by atoms with Crippen LogP contribution in [-0.4, -0.2) is 47.1 Å². The van der Waals surface area contributed by atoms with Gasteiger partial charge in [-0.05, 0) is 19.8 Å². The summed E-state index contributed by atoms with van der Waals surface area (Å²) < 4.78 is 0. The number of hydrogen-bond acceptors (Lipinski definition) is 3. The van der Waals surface area contributed by atoms with E-state index in [9.17, 15) is 9.59 Å². The summed E-state index contributed by atoms with van der Waals surface area (Å²) in [6.07, 6.45) is 2.98. The second-order valence-corrected chi connectivity index (χ2v) is 3.95. The molecule has 0 bridgehead atoms. The van der Waals surface area contributed by atoms with Gasteiger partial charge in [0.15, 0.2) is 0 Å². The molecule has 1 fully saturated rings. The fourth-order valence-electron chi connectivity index (χ4n) is 1.88. The van der Waals surface area contributed by atoms with Crippen LogP contribution in [-0.2, 0) is 9.59 Å². The quantitative estimate of drug-likeness (QED) is 0.658. The number of amides is 1. The van der Waals surface area contributed by atoms with E-state index >= 15 is 0 Å². The molecule has 1 aliphatic heterocycles. The van der Waals surface area contributed by atoms with Crippen LogP contribution in [0.1, 0.15) is 19.8 Å². The molecule has 0 aromatic rings. The third-order valence-corrected chi connectivity index (χ3v) is 2.76. The number of rotatable bonds is 5. The van der Waals surface area contributed by atoms with E-state index in [-0.39, 0.29) is 11.9 Å². The number of likely N-dealkylation sites (tertiary alicyclic amines) is 1. The van der Waals surface area contributed by atoms with Crippen LogP contribution >= 0.6 is 0 Å². The number of carbonyl (C=O) groups is 2. The molecule has 0 aromatic carbocycles. The van der Waals surface area contributed by atoms with Crippen molar-refractivity contribution in [1.29, 1.82) is 0 Å². The van der Waals surface area contributed by atoms with Crippen LogP contribution in [0.25, 0.3) is 0 Å². The molecular weight excluding hydrogens is 208 g/mol. The summed E-state index contributed by atoms with van der Waals surface area (Å²) in [5.41, 5.74) is 0. The minimum atomic E-state index is -0.915. The van der Waals surface area contributed by atoms with E-state index < -0.39 is 12.0 Å². The molecule has 2 N–H and O–H groups in total. The molecule has 1 rings (SSSR count). The predicted molar refractivity (Wildman–Crippen MR) is 60.0 cm³/mol. The van der Waals surface area contributed by atoms with Crippen molar-refractivity contribution in [2.75, 3.05) is 13.1 Å². The molecule has 1 amide bonds. The molecule has 1 heterocycles. The fraction of sp³-hybridized carbons (Fsp3) is 0.636. The molecule has 2 atom stereocenters. The van der Waals surface area contributed by atoms with Crippen molar-refractivity contribution in [2.45, 2.75) is 31.8 Å². The van der Waals surface area contributed by atoms with Gasteiger partial charge in [-0.3, -0.25) is 4.79 Å². The van der Waals surface area contributed by atoms with Gasteiger partial charge in [0.25, 0.3) is 0 Å². The van der Waals surface area contributed by atoms with Gasteiger partial charge in [-0.25, -0.2) is 4.79 Å². The molecular formula is C11H18N2O3. The average molecular weight is 226 g/mol. The highest BCUT2D eigenvalue weighted by Gasteiger charge is 2.35. The first kappa shape index (κ1) is 12.7. The number of carboxylic acids is 1. The van der Waals surface area contributed by atoms with E-state index in [0.29, 0.717) is 19.5 Å². The zero-order valence-corrected chi connectivity index (χ0v) is 9.48. The minimum Gasteiger partial charge on any atom is -0.480 e. The van der Waals surface area contributed by atoms with Crippen molar-refractivity contribution in [1.82, 2.24) is 10.2 Å². The number of carboxylic acid groups (broad SMARTS) is 1. The number of nitrogens with one attached hydrogen (secondary N) is 1. The predicted octanol–water partition coefficient (Wildman–Crippen LogP) is 0.226. The monoisotopic (exact) mass is 226 g/mol. The van der Waals surface area contributed by atoms with Gasteiger partial charge in [-0.2, -0.15) is 0 Å². The number of hydrogen-bond donors (Lipinski definition) is 2. The Morgan fingerprint density at radius 2 is 2.38 bits per heavy atom. The highest BCUT2D eigenvalue weighted by molar-refractivity contribution is 5.87. The zero-order valence-electron chi connectivity index (χ0n) is 9.48. The van der Waals surface area contributed by atoms with Crippen molar-refractivity contribution in [3.8, 4) is 0 Å². The van der Waals surface area contributed by atoms with Gasteiger partial charge in [0.1, 0.15) is 6.04 Å². The maximum absolute atomic E-state index is 11.9. The Labute approximate surface area is 95.1 Å². The third-order valence-electron chi connectivity index (χ3n) is 2.76. The van der Waals surface area contributed by atoms with Crippen molar-refractivity contribution in [3.63, 3.8) is 0 Å². The van der Waals surface area contributed by atoms with Crippen molar-refractivity contribution >= 4 is 11.9 Å². The van der Waals surface area contributed by atoms with E-state index in [1.807, 2.05) is 0 Å². The smallest absolute Gasteiger partial charge is 0.326 e. The summed E-state index contributed by atoms with van der Waals surface area (Å²) in [5, 5.41) is 11.9. The highest BCUT2D eigenvalue weighted by atomic mass is 16.4. The molecule has 16 heavy (non-hydrogen) atoms. The normalized spacial score (nSPS) is 21.8. The molecule has 0 saturated carbocycles. The van der Waals surface area contributed by atoms with Gasteiger partial charge in [0, 0.05) is 13.1 Å². The number of aliphatic carboxylic acids is 1. The summed E-state index contributed by atoms with van der Waals surface area (Å²) in [5.74, 6) is -1.06. The highest BCUT2D eigenvalue weighted by Crippen LogP contribution is 2.18. The summed E-state index contributed by atoms with van der Waals surface area (Å²) in [6.45, 7) is 6.37. The topological polar surface area (TPSA) is 69.6 Å². The maximum atomic E-state index is 11.9. The summed E-state index contributed by atoms with van der Waals surface area (Å²) in [4.78, 5) is 24.3. The molecule has 0 spiro atoms. The van der Waals surface area contributed by atoms with Gasteiger partial charge in [0.05, 0.1) is 6.04 Å². The Morgan fingerprint density at radius 3 is 2.94 bits per heavy atom. The van der Waals surface area contributed by atoms with Crippen molar-refractivity contribution < 1.29 is 14.7 Å². The van der Waals surface area contributed by atoms with Gasteiger partial charge < -0.3 is 15.3 Å². The van der Waals surface area contributed by atoms with Gasteiger partial charge in [-0.1, -0.05) is 6.08 Å². The Bertz CT molecular complexity index is 291. The SMILES string of the molecule is C=CCN[C@@H](C)C(=O)N1CCC[C@H]1C(=O)O. The van der Waals surface area contributed by atoms with Crippen LogP contribution in [0.4, 0.5) is 0 Å².